The molecule has 0 aliphatic rings. The van der Waals surface area contributed by atoms with Crippen molar-refractivity contribution in [3.8, 4) is 29.0 Å². The Kier molecular flexibility index (Phi) is 4.36. The summed E-state index contributed by atoms with van der Waals surface area (Å²) >= 11 is 0. The van der Waals surface area contributed by atoms with Gasteiger partial charge in [-0.25, -0.2) is 9.37 Å². The maximum atomic E-state index is 13.0. The maximum Gasteiger partial charge on any atom is 0.123 e. The first-order chi connectivity index (χ1) is 11.7. The van der Waals surface area contributed by atoms with E-state index in [4.69, 9.17) is 0 Å². The van der Waals surface area contributed by atoms with Crippen molar-refractivity contribution in [2.24, 2.45) is 0 Å². The number of nitriles is 1. The third-order valence-corrected chi connectivity index (χ3v) is 3.52. The van der Waals surface area contributed by atoms with Crippen LogP contribution in [0.4, 0.5) is 4.39 Å². The number of rotatable bonds is 1. The molecule has 0 atom stereocenters. The third-order valence-electron chi connectivity index (χ3n) is 3.52. The van der Waals surface area contributed by atoms with Crippen LogP contribution in [0, 0.1) is 35.9 Å². The summed E-state index contributed by atoms with van der Waals surface area (Å²) in [6.07, 6.45) is 0. The second-order valence-corrected chi connectivity index (χ2v) is 5.29. The van der Waals surface area contributed by atoms with E-state index in [1.165, 1.54) is 12.1 Å². The van der Waals surface area contributed by atoms with E-state index in [1.54, 1.807) is 18.2 Å². The van der Waals surface area contributed by atoms with Crippen molar-refractivity contribution in [2.75, 3.05) is 0 Å². The van der Waals surface area contributed by atoms with Gasteiger partial charge in [-0.3, -0.25) is 0 Å². The largest absolute Gasteiger partial charge is 0.245 e. The highest BCUT2D eigenvalue weighted by atomic mass is 19.1. The van der Waals surface area contributed by atoms with Crippen LogP contribution in [0.2, 0.25) is 0 Å². The lowest BCUT2D eigenvalue weighted by Gasteiger charge is -2.05. The average Bonchev–Trinajstić information content (AvgIpc) is 2.60. The number of halogens is 1. The molecule has 0 aliphatic carbocycles. The standard InChI is InChI=1S/C21H13FN2/c1-15-3-2-4-20(24-15)11-5-16-6-12-21(18(13-16)14-23)17-7-9-19(22)10-8-17/h2-4,6-10,12-13H,1H3. The fraction of sp³-hybridized carbons (Fsp3) is 0.0476. The minimum absolute atomic E-state index is 0.301. The molecule has 3 aromatic rings. The first-order valence-corrected chi connectivity index (χ1v) is 7.41. The van der Waals surface area contributed by atoms with Gasteiger partial charge in [0.1, 0.15) is 11.5 Å². The first kappa shape index (κ1) is 15.5. The monoisotopic (exact) mass is 312 g/mol. The van der Waals surface area contributed by atoms with Gasteiger partial charge in [0.05, 0.1) is 11.6 Å². The smallest absolute Gasteiger partial charge is 0.123 e. The molecule has 0 spiro atoms. The van der Waals surface area contributed by atoms with Gasteiger partial charge in [-0.15, -0.1) is 0 Å². The van der Waals surface area contributed by atoms with E-state index in [0.717, 1.165) is 22.4 Å². The van der Waals surface area contributed by atoms with E-state index in [-0.39, 0.29) is 5.82 Å². The molecule has 0 radical (unpaired) electrons. The van der Waals surface area contributed by atoms with Crippen LogP contribution in [-0.4, -0.2) is 4.98 Å². The van der Waals surface area contributed by atoms with Crippen molar-refractivity contribution in [1.29, 1.82) is 5.26 Å². The lowest BCUT2D eigenvalue weighted by Crippen LogP contribution is -1.88. The molecule has 1 aromatic heterocycles. The lowest BCUT2D eigenvalue weighted by atomic mass is 9.98. The topological polar surface area (TPSA) is 36.7 Å². The van der Waals surface area contributed by atoms with Gasteiger partial charge < -0.3 is 0 Å². The van der Waals surface area contributed by atoms with Gasteiger partial charge in [-0.1, -0.05) is 30.2 Å². The normalized spacial score (nSPS) is 9.71. The summed E-state index contributed by atoms with van der Waals surface area (Å²) in [5.74, 6) is 5.73. The number of aryl methyl sites for hydroxylation is 1. The van der Waals surface area contributed by atoms with Crippen LogP contribution >= 0.6 is 0 Å². The second kappa shape index (κ2) is 6.77. The number of benzene rings is 2. The molecule has 114 valence electrons. The van der Waals surface area contributed by atoms with E-state index in [9.17, 15) is 9.65 Å². The molecule has 2 aromatic carbocycles. The number of aromatic nitrogens is 1. The second-order valence-electron chi connectivity index (χ2n) is 5.29. The molecule has 3 heteroatoms. The Bertz CT molecular complexity index is 987. The molecule has 0 bridgehead atoms. The molecule has 3 rings (SSSR count). The number of pyridine rings is 1. The van der Waals surface area contributed by atoms with Gasteiger partial charge in [0, 0.05) is 11.3 Å². The Morgan fingerprint density at radius 3 is 2.46 bits per heavy atom. The minimum atomic E-state index is -0.301. The first-order valence-electron chi connectivity index (χ1n) is 7.41. The van der Waals surface area contributed by atoms with Crippen molar-refractivity contribution in [3.63, 3.8) is 0 Å². The SMILES string of the molecule is Cc1cccc(C#Cc2ccc(-c3ccc(F)cc3)c(C#N)c2)n1. The van der Waals surface area contributed by atoms with Crippen molar-refractivity contribution in [1.82, 2.24) is 4.98 Å². The summed E-state index contributed by atoms with van der Waals surface area (Å²) in [6.45, 7) is 1.91. The van der Waals surface area contributed by atoms with E-state index >= 15 is 0 Å². The van der Waals surface area contributed by atoms with Crippen molar-refractivity contribution in [3.05, 3.63) is 89.0 Å². The van der Waals surface area contributed by atoms with Crippen molar-refractivity contribution in [2.45, 2.75) is 6.92 Å². The summed E-state index contributed by atoms with van der Waals surface area (Å²) in [6, 6.07) is 19.4. The van der Waals surface area contributed by atoms with E-state index < -0.39 is 0 Å². The Morgan fingerprint density at radius 1 is 0.958 bits per heavy atom. The lowest BCUT2D eigenvalue weighted by molar-refractivity contribution is 0.628. The molecule has 0 N–H and O–H groups in total. The molecule has 0 aliphatic heterocycles. The Labute approximate surface area is 140 Å². The highest BCUT2D eigenvalue weighted by molar-refractivity contribution is 5.71. The quantitative estimate of drug-likeness (QED) is 0.622. The average molecular weight is 312 g/mol. The summed E-state index contributed by atoms with van der Waals surface area (Å²) in [4.78, 5) is 4.33. The molecule has 1 heterocycles. The number of hydrogen-bond donors (Lipinski definition) is 0. The predicted molar refractivity (Wildman–Crippen MR) is 91.5 cm³/mol. The summed E-state index contributed by atoms with van der Waals surface area (Å²) < 4.78 is 13.0. The number of hydrogen-bond acceptors (Lipinski definition) is 2. The van der Waals surface area contributed by atoms with Gasteiger partial charge in [0.25, 0.3) is 0 Å². The molecular weight excluding hydrogens is 299 g/mol. The molecular formula is C21H13FN2. The van der Waals surface area contributed by atoms with Gasteiger partial charge in [-0.05, 0) is 60.4 Å². The van der Waals surface area contributed by atoms with Crippen molar-refractivity contribution >= 4 is 0 Å². The third kappa shape index (κ3) is 3.48. The highest BCUT2D eigenvalue weighted by Crippen LogP contribution is 2.24. The Morgan fingerprint density at radius 2 is 1.75 bits per heavy atom. The Balaban J connectivity index is 1.96. The zero-order valence-corrected chi connectivity index (χ0v) is 13.0. The van der Waals surface area contributed by atoms with Gasteiger partial charge in [-0.2, -0.15) is 5.26 Å². The molecule has 0 saturated carbocycles. The van der Waals surface area contributed by atoms with Crippen LogP contribution in [0.15, 0.2) is 60.7 Å². The van der Waals surface area contributed by atoms with Crippen LogP contribution < -0.4 is 0 Å². The molecule has 24 heavy (non-hydrogen) atoms. The molecule has 0 unspecified atom stereocenters. The molecule has 0 amide bonds. The fourth-order valence-corrected chi connectivity index (χ4v) is 2.34. The fourth-order valence-electron chi connectivity index (χ4n) is 2.34. The van der Waals surface area contributed by atoms with Crippen LogP contribution in [0.1, 0.15) is 22.5 Å². The zero-order chi connectivity index (χ0) is 16.9. The van der Waals surface area contributed by atoms with E-state index in [1.807, 2.05) is 37.3 Å². The van der Waals surface area contributed by atoms with E-state index in [0.29, 0.717) is 11.3 Å². The molecule has 0 saturated heterocycles. The highest BCUT2D eigenvalue weighted by Gasteiger charge is 2.06. The van der Waals surface area contributed by atoms with Crippen LogP contribution in [0.5, 0.6) is 0 Å². The number of nitrogens with zero attached hydrogens (tertiary/aromatic N) is 2. The minimum Gasteiger partial charge on any atom is -0.245 e. The molecule has 0 fully saturated rings. The van der Waals surface area contributed by atoms with Gasteiger partial charge in [0.15, 0.2) is 0 Å². The van der Waals surface area contributed by atoms with Crippen LogP contribution in [-0.2, 0) is 0 Å². The summed E-state index contributed by atoms with van der Waals surface area (Å²) in [5.41, 5.74) is 4.40. The van der Waals surface area contributed by atoms with E-state index in [2.05, 4.69) is 22.9 Å². The van der Waals surface area contributed by atoms with Crippen LogP contribution in [0.3, 0.4) is 0 Å². The predicted octanol–water partition coefficient (Wildman–Crippen LogP) is 4.47. The van der Waals surface area contributed by atoms with Gasteiger partial charge >= 0.3 is 0 Å². The van der Waals surface area contributed by atoms with Crippen molar-refractivity contribution < 1.29 is 4.39 Å². The zero-order valence-electron chi connectivity index (χ0n) is 13.0. The summed E-state index contributed by atoms with van der Waals surface area (Å²) in [7, 11) is 0. The molecule has 2 nitrogen and oxygen atoms in total. The summed E-state index contributed by atoms with van der Waals surface area (Å²) in [5, 5.41) is 9.40. The van der Waals surface area contributed by atoms with Crippen LogP contribution in [0.25, 0.3) is 11.1 Å². The Hall–Kier alpha value is -3.43. The maximum absolute atomic E-state index is 13.0. The van der Waals surface area contributed by atoms with Gasteiger partial charge in [0.2, 0.25) is 0 Å².